The largest absolute Gasteiger partial charge is 0.692 e. The van der Waals surface area contributed by atoms with E-state index in [9.17, 15) is 8.78 Å². The Morgan fingerprint density at radius 3 is 1.33 bits per heavy atom. The summed E-state index contributed by atoms with van der Waals surface area (Å²) in [5.74, 6) is -0.821. The van der Waals surface area contributed by atoms with Crippen molar-refractivity contribution in [2.24, 2.45) is 0 Å². The molecule has 3 nitrogen and oxygen atoms in total. The number of rotatable bonds is 0. The summed E-state index contributed by atoms with van der Waals surface area (Å²) in [7, 11) is -2.87. The van der Waals surface area contributed by atoms with Crippen molar-refractivity contribution in [3.05, 3.63) is 35.9 Å². The molecule has 1 rings (SSSR count). The lowest BCUT2D eigenvalue weighted by molar-refractivity contribution is 0.405. The Morgan fingerprint density at radius 1 is 1.00 bits per heavy atom. The molecule has 0 aliphatic heterocycles. The van der Waals surface area contributed by atoms with Crippen molar-refractivity contribution >= 4 is 8.25 Å². The van der Waals surface area contributed by atoms with Crippen molar-refractivity contribution in [3.8, 4) is 0 Å². The van der Waals surface area contributed by atoms with E-state index >= 15 is 0 Å². The minimum atomic E-state index is -2.87. The van der Waals surface area contributed by atoms with Crippen LogP contribution in [0.15, 0.2) is 24.3 Å². The van der Waals surface area contributed by atoms with Gasteiger partial charge in [0.15, 0.2) is 0 Å². The van der Waals surface area contributed by atoms with E-state index in [-0.39, 0.29) is 0 Å². The van der Waals surface area contributed by atoms with Gasteiger partial charge in [0.05, 0.1) is 0 Å². The van der Waals surface area contributed by atoms with Gasteiger partial charge in [0, 0.05) is 4.57 Å². The Labute approximate surface area is 68.2 Å². The molecule has 6 heteroatoms. The molecule has 0 radical (unpaired) electrons. The molecule has 0 fully saturated rings. The molecule has 0 bridgehead atoms. The van der Waals surface area contributed by atoms with Gasteiger partial charge in [0.1, 0.15) is 11.6 Å². The zero-order valence-electron chi connectivity index (χ0n) is 5.82. The Hall–Kier alpha value is -0.900. The van der Waals surface area contributed by atoms with Crippen molar-refractivity contribution in [1.82, 2.24) is 0 Å². The van der Waals surface area contributed by atoms with E-state index in [0.717, 1.165) is 24.3 Å². The number of halogens is 2. The van der Waals surface area contributed by atoms with Gasteiger partial charge in [0.25, 0.3) is 0 Å². The molecule has 0 heterocycles. The molecule has 0 aromatic heterocycles. The molecule has 0 saturated carbocycles. The lowest BCUT2D eigenvalue weighted by atomic mass is 10.3. The number of hydrogen-bond acceptors (Lipinski definition) is 1. The van der Waals surface area contributed by atoms with Crippen LogP contribution < -0.4 is 0 Å². The van der Waals surface area contributed by atoms with Gasteiger partial charge < -0.3 is 0 Å². The summed E-state index contributed by atoms with van der Waals surface area (Å²) in [4.78, 5) is 14.2. The first kappa shape index (κ1) is 11.1. The SMILES string of the molecule is Fc1ccc(F)cc1.O=[P+](O)O. The molecule has 0 unspecified atom stereocenters. The van der Waals surface area contributed by atoms with Gasteiger partial charge in [-0.1, -0.05) is 0 Å². The predicted octanol–water partition coefficient (Wildman–Crippen LogP) is 1.59. The minimum Gasteiger partial charge on any atom is -0.207 e. The van der Waals surface area contributed by atoms with E-state index < -0.39 is 19.9 Å². The van der Waals surface area contributed by atoms with Crippen molar-refractivity contribution in [2.45, 2.75) is 0 Å². The van der Waals surface area contributed by atoms with E-state index in [1.165, 1.54) is 0 Å². The fraction of sp³-hybridized carbons (Fsp3) is 0. The standard InChI is InChI=1S/C6H4F2.HO3P/c7-5-1-2-6(8)4-3-5;1-4(2)3/h1-4H;(H-,1,2,3)/p+1. The molecule has 2 N–H and O–H groups in total. The van der Waals surface area contributed by atoms with Crippen molar-refractivity contribution in [2.75, 3.05) is 0 Å². The van der Waals surface area contributed by atoms with E-state index in [1.54, 1.807) is 0 Å². The second-order valence-electron chi connectivity index (χ2n) is 1.69. The smallest absolute Gasteiger partial charge is 0.207 e. The van der Waals surface area contributed by atoms with Crippen LogP contribution in [-0.2, 0) is 4.57 Å². The van der Waals surface area contributed by atoms with E-state index in [4.69, 9.17) is 14.4 Å². The summed E-state index contributed by atoms with van der Waals surface area (Å²) in [6, 6.07) is 4.31. The fourth-order valence-corrected chi connectivity index (χ4v) is 0.430. The first-order valence-electron chi connectivity index (χ1n) is 2.78. The van der Waals surface area contributed by atoms with Gasteiger partial charge in [0.2, 0.25) is 0 Å². The van der Waals surface area contributed by atoms with Crippen LogP contribution in [0.4, 0.5) is 8.78 Å². The van der Waals surface area contributed by atoms with Crippen LogP contribution in [0.2, 0.25) is 0 Å². The number of benzene rings is 1. The molecule has 0 atom stereocenters. The molecule has 12 heavy (non-hydrogen) atoms. The Kier molecular flexibility index (Phi) is 5.28. The lowest BCUT2D eigenvalue weighted by Crippen LogP contribution is -1.72. The highest BCUT2D eigenvalue weighted by atomic mass is 31.1. The van der Waals surface area contributed by atoms with Crippen molar-refractivity contribution in [3.63, 3.8) is 0 Å². The van der Waals surface area contributed by atoms with E-state index in [0.29, 0.717) is 0 Å². The molecular formula is C6H6F2O3P+. The van der Waals surface area contributed by atoms with Crippen LogP contribution in [-0.4, -0.2) is 9.79 Å². The Morgan fingerprint density at radius 2 is 1.17 bits per heavy atom. The molecule has 0 saturated heterocycles. The van der Waals surface area contributed by atoms with Gasteiger partial charge in [-0.25, -0.2) is 8.78 Å². The number of hydrogen-bond donors (Lipinski definition) is 2. The topological polar surface area (TPSA) is 57.5 Å². The second-order valence-corrected chi connectivity index (χ2v) is 2.19. The molecule has 0 aliphatic rings. The van der Waals surface area contributed by atoms with Gasteiger partial charge in [-0.05, 0) is 24.3 Å². The molecule has 0 spiro atoms. The average Bonchev–Trinajstić information content (AvgIpc) is 1.94. The third-order valence-electron chi connectivity index (χ3n) is 0.804. The summed E-state index contributed by atoms with van der Waals surface area (Å²) in [6.45, 7) is 0. The van der Waals surface area contributed by atoms with Crippen LogP contribution >= 0.6 is 8.25 Å². The molecule has 0 amide bonds. The molecule has 1 aromatic carbocycles. The van der Waals surface area contributed by atoms with Gasteiger partial charge in [-0.2, -0.15) is 0 Å². The van der Waals surface area contributed by atoms with E-state index in [1.807, 2.05) is 0 Å². The summed E-state index contributed by atoms with van der Waals surface area (Å²) in [6.07, 6.45) is 0. The highest BCUT2D eigenvalue weighted by Crippen LogP contribution is 1.99. The molecule has 66 valence electrons. The van der Waals surface area contributed by atoms with Gasteiger partial charge >= 0.3 is 8.25 Å². The summed E-state index contributed by atoms with van der Waals surface area (Å²) >= 11 is 0. The molecular weight excluding hydrogens is 189 g/mol. The summed E-state index contributed by atoms with van der Waals surface area (Å²) in [5.41, 5.74) is 0. The first-order chi connectivity index (χ1) is 5.52. The van der Waals surface area contributed by atoms with Gasteiger partial charge in [-0.15, -0.1) is 9.79 Å². The van der Waals surface area contributed by atoms with Crippen molar-refractivity contribution < 1.29 is 23.1 Å². The third-order valence-corrected chi connectivity index (χ3v) is 0.804. The van der Waals surface area contributed by atoms with Crippen LogP contribution in [0.3, 0.4) is 0 Å². The maximum absolute atomic E-state index is 11.9. The predicted molar refractivity (Wildman–Crippen MR) is 38.4 cm³/mol. The van der Waals surface area contributed by atoms with Crippen LogP contribution in [0.5, 0.6) is 0 Å². The van der Waals surface area contributed by atoms with Gasteiger partial charge in [-0.3, -0.25) is 0 Å². The zero-order chi connectivity index (χ0) is 9.56. The average molecular weight is 195 g/mol. The normalized spacial score (nSPS) is 8.33. The lowest BCUT2D eigenvalue weighted by Gasteiger charge is -1.83. The minimum absolute atomic E-state index is 0.411. The van der Waals surface area contributed by atoms with Crippen LogP contribution in [0.25, 0.3) is 0 Å². The second kappa shape index (κ2) is 5.71. The molecule has 0 aliphatic carbocycles. The highest BCUT2D eigenvalue weighted by Gasteiger charge is 1.93. The maximum Gasteiger partial charge on any atom is 0.692 e. The maximum atomic E-state index is 11.9. The Balaban J connectivity index is 0.000000261. The fourth-order valence-electron chi connectivity index (χ4n) is 0.430. The Bertz CT molecular complexity index is 224. The molecule has 1 aromatic rings. The zero-order valence-corrected chi connectivity index (χ0v) is 6.71. The van der Waals surface area contributed by atoms with Crippen molar-refractivity contribution in [1.29, 1.82) is 0 Å². The highest BCUT2D eigenvalue weighted by molar-refractivity contribution is 7.30. The first-order valence-corrected chi connectivity index (χ1v) is 3.95. The van der Waals surface area contributed by atoms with E-state index in [2.05, 4.69) is 0 Å². The third kappa shape index (κ3) is 7.21. The quantitative estimate of drug-likeness (QED) is 0.618. The summed E-state index contributed by atoms with van der Waals surface area (Å²) in [5, 5.41) is 0. The van der Waals surface area contributed by atoms with Crippen LogP contribution in [0, 0.1) is 11.6 Å². The monoisotopic (exact) mass is 195 g/mol. The van der Waals surface area contributed by atoms with Crippen LogP contribution in [0.1, 0.15) is 0 Å². The summed E-state index contributed by atoms with van der Waals surface area (Å²) < 4.78 is 32.5.